The normalized spacial score (nSPS) is 10.1. The number of nitrogens with one attached hydrogen (secondary N) is 1. The molecule has 0 spiro atoms. The Morgan fingerprint density at radius 3 is 2.41 bits per heavy atom. The first-order chi connectivity index (χ1) is 13.1. The summed E-state index contributed by atoms with van der Waals surface area (Å²) in [6.45, 7) is 0. The van der Waals surface area contributed by atoms with E-state index < -0.39 is 5.97 Å². The van der Waals surface area contributed by atoms with Gasteiger partial charge in [0.2, 0.25) is 0 Å². The molecule has 3 aromatic carbocycles. The summed E-state index contributed by atoms with van der Waals surface area (Å²) >= 11 is 6.08. The number of anilines is 1. The highest BCUT2D eigenvalue weighted by Crippen LogP contribution is 2.27. The van der Waals surface area contributed by atoms with E-state index in [9.17, 15) is 9.59 Å². The van der Waals surface area contributed by atoms with E-state index in [1.54, 1.807) is 54.6 Å². The zero-order valence-corrected chi connectivity index (χ0v) is 15.1. The van der Waals surface area contributed by atoms with Crippen LogP contribution in [0.1, 0.15) is 20.7 Å². The van der Waals surface area contributed by atoms with Gasteiger partial charge >= 0.3 is 5.97 Å². The fourth-order valence-corrected chi connectivity index (χ4v) is 2.57. The van der Waals surface area contributed by atoms with Crippen LogP contribution in [-0.4, -0.2) is 19.0 Å². The van der Waals surface area contributed by atoms with E-state index in [4.69, 9.17) is 16.3 Å². The molecular weight excluding hydrogens is 366 g/mol. The molecule has 3 rings (SSSR count). The van der Waals surface area contributed by atoms with Crippen LogP contribution in [0.25, 0.3) is 0 Å². The van der Waals surface area contributed by atoms with Crippen molar-refractivity contribution in [1.29, 1.82) is 0 Å². The van der Waals surface area contributed by atoms with Crippen LogP contribution in [0.4, 0.5) is 5.69 Å². The molecule has 27 heavy (non-hydrogen) atoms. The quantitative estimate of drug-likeness (QED) is 0.634. The van der Waals surface area contributed by atoms with Gasteiger partial charge in [-0.2, -0.15) is 0 Å². The van der Waals surface area contributed by atoms with E-state index >= 15 is 0 Å². The number of halogens is 1. The van der Waals surface area contributed by atoms with Gasteiger partial charge in [-0.05, 0) is 54.6 Å². The van der Waals surface area contributed by atoms with E-state index in [2.05, 4.69) is 16.1 Å². The van der Waals surface area contributed by atoms with Crippen molar-refractivity contribution in [3.8, 4) is 11.5 Å². The average Bonchev–Trinajstić information content (AvgIpc) is 2.69. The first-order valence-electron chi connectivity index (χ1n) is 8.00. The van der Waals surface area contributed by atoms with Crippen LogP contribution in [0.5, 0.6) is 11.5 Å². The van der Waals surface area contributed by atoms with Crippen molar-refractivity contribution in [1.82, 2.24) is 0 Å². The number of ether oxygens (including phenoxy) is 2. The largest absolute Gasteiger partial charge is 0.465 e. The van der Waals surface area contributed by atoms with Crippen molar-refractivity contribution < 1.29 is 19.1 Å². The van der Waals surface area contributed by atoms with Gasteiger partial charge in [-0.25, -0.2) is 4.79 Å². The minimum absolute atomic E-state index is 0.230. The Morgan fingerprint density at radius 1 is 1.04 bits per heavy atom. The van der Waals surface area contributed by atoms with Gasteiger partial charge in [0.05, 0.1) is 17.7 Å². The molecule has 1 radical (unpaired) electrons. The van der Waals surface area contributed by atoms with Gasteiger partial charge in [-0.3, -0.25) is 4.79 Å². The molecule has 0 unspecified atom stereocenters. The molecule has 1 N–H and O–H groups in total. The molecule has 1 amide bonds. The minimum atomic E-state index is -0.516. The molecule has 0 heterocycles. The maximum atomic E-state index is 12.2. The summed E-state index contributed by atoms with van der Waals surface area (Å²) in [5.74, 6) is 0.246. The average molecular weight is 381 g/mol. The fourth-order valence-electron chi connectivity index (χ4n) is 2.32. The third-order valence-corrected chi connectivity index (χ3v) is 3.98. The highest BCUT2D eigenvalue weighted by Gasteiger charge is 2.12. The molecule has 0 aliphatic rings. The van der Waals surface area contributed by atoms with Gasteiger partial charge in [0.25, 0.3) is 5.91 Å². The summed E-state index contributed by atoms with van der Waals surface area (Å²) in [7, 11) is 1.29. The molecule has 3 aromatic rings. The SMILES string of the molecule is COC(=O)c1ccc(Oc2ccc(C(=O)Nc3c[c]ccc3)cc2)cc1Cl. The lowest BCUT2D eigenvalue weighted by Gasteiger charge is -2.09. The molecule has 0 aliphatic carbocycles. The van der Waals surface area contributed by atoms with E-state index in [-0.39, 0.29) is 16.5 Å². The standard InChI is InChI=1S/C21H15ClNO4/c1-26-21(25)18-12-11-17(13-19(18)22)27-16-9-7-14(8-10-16)20(24)23-15-5-3-2-4-6-15/h2-3,5-13H,1H3,(H,23,24). The summed E-state index contributed by atoms with van der Waals surface area (Å²) in [5.41, 5.74) is 1.42. The van der Waals surface area contributed by atoms with Crippen LogP contribution in [0.2, 0.25) is 5.02 Å². The topological polar surface area (TPSA) is 64.6 Å². The lowest BCUT2D eigenvalue weighted by Crippen LogP contribution is -2.11. The summed E-state index contributed by atoms with van der Waals surface area (Å²) in [6.07, 6.45) is 0. The second kappa shape index (κ2) is 8.38. The monoisotopic (exact) mass is 380 g/mol. The molecular formula is C21H15ClNO4. The number of esters is 1. The molecule has 5 nitrogen and oxygen atoms in total. The maximum Gasteiger partial charge on any atom is 0.339 e. The molecule has 0 saturated heterocycles. The third-order valence-electron chi connectivity index (χ3n) is 3.66. The van der Waals surface area contributed by atoms with Gasteiger partial charge in [0, 0.05) is 17.3 Å². The molecule has 0 saturated carbocycles. The Hall–Kier alpha value is -3.31. The second-order valence-corrected chi connectivity index (χ2v) is 5.91. The lowest BCUT2D eigenvalue weighted by molar-refractivity contribution is 0.0601. The summed E-state index contributed by atoms with van der Waals surface area (Å²) in [5, 5.41) is 3.02. The van der Waals surface area contributed by atoms with E-state index in [1.807, 2.05) is 0 Å². The van der Waals surface area contributed by atoms with Crippen molar-refractivity contribution >= 4 is 29.2 Å². The zero-order chi connectivity index (χ0) is 19.2. The Kier molecular flexibility index (Phi) is 5.74. The van der Waals surface area contributed by atoms with Crippen molar-refractivity contribution in [2.45, 2.75) is 0 Å². The summed E-state index contributed by atoms with van der Waals surface area (Å²) in [6, 6.07) is 21.3. The maximum absolute atomic E-state index is 12.2. The number of hydrogen-bond donors (Lipinski definition) is 1. The molecule has 0 fully saturated rings. The molecule has 135 valence electrons. The van der Waals surface area contributed by atoms with Crippen LogP contribution in [-0.2, 0) is 4.74 Å². The van der Waals surface area contributed by atoms with Crippen molar-refractivity contribution in [3.63, 3.8) is 0 Å². The zero-order valence-electron chi connectivity index (χ0n) is 14.4. The van der Waals surface area contributed by atoms with Crippen molar-refractivity contribution in [2.75, 3.05) is 12.4 Å². The van der Waals surface area contributed by atoms with Crippen LogP contribution in [0.15, 0.2) is 66.7 Å². The van der Waals surface area contributed by atoms with Gasteiger partial charge in [0.15, 0.2) is 0 Å². The first kappa shape index (κ1) is 18.5. The smallest absolute Gasteiger partial charge is 0.339 e. The lowest BCUT2D eigenvalue weighted by atomic mass is 10.2. The number of rotatable bonds is 5. The van der Waals surface area contributed by atoms with Gasteiger partial charge in [0.1, 0.15) is 11.5 Å². The number of amides is 1. The van der Waals surface area contributed by atoms with Crippen LogP contribution in [0.3, 0.4) is 0 Å². The van der Waals surface area contributed by atoms with Crippen molar-refractivity contribution in [2.24, 2.45) is 0 Å². The minimum Gasteiger partial charge on any atom is -0.465 e. The molecule has 0 atom stereocenters. The third kappa shape index (κ3) is 4.65. The van der Waals surface area contributed by atoms with E-state index in [0.717, 1.165) is 0 Å². The van der Waals surface area contributed by atoms with Crippen LogP contribution >= 0.6 is 11.6 Å². The Morgan fingerprint density at radius 2 is 1.78 bits per heavy atom. The number of hydrogen-bond acceptors (Lipinski definition) is 4. The summed E-state index contributed by atoms with van der Waals surface area (Å²) < 4.78 is 10.4. The van der Waals surface area contributed by atoms with Crippen LogP contribution in [0, 0.1) is 6.07 Å². The number of methoxy groups -OCH3 is 1. The van der Waals surface area contributed by atoms with Crippen LogP contribution < -0.4 is 10.1 Å². The Labute approximate surface area is 161 Å². The highest BCUT2D eigenvalue weighted by molar-refractivity contribution is 6.33. The number of carbonyl (C=O) groups is 2. The fraction of sp³-hybridized carbons (Fsp3) is 0.0476. The Bertz CT molecular complexity index is 956. The Balaban J connectivity index is 1.68. The molecule has 0 bridgehead atoms. The van der Waals surface area contributed by atoms with Gasteiger partial charge < -0.3 is 14.8 Å². The van der Waals surface area contributed by atoms with Gasteiger partial charge in [-0.15, -0.1) is 0 Å². The van der Waals surface area contributed by atoms with Gasteiger partial charge in [-0.1, -0.05) is 23.7 Å². The molecule has 0 aromatic heterocycles. The summed E-state index contributed by atoms with van der Waals surface area (Å²) in [4.78, 5) is 23.8. The van der Waals surface area contributed by atoms with E-state index in [1.165, 1.54) is 19.2 Å². The predicted octanol–water partition coefficient (Wildman–Crippen LogP) is 4.97. The van der Waals surface area contributed by atoms with Crippen molar-refractivity contribution in [3.05, 3.63) is 88.9 Å². The van der Waals surface area contributed by atoms with E-state index in [0.29, 0.717) is 22.7 Å². The first-order valence-corrected chi connectivity index (χ1v) is 8.38. The highest BCUT2D eigenvalue weighted by atomic mass is 35.5. The predicted molar refractivity (Wildman–Crippen MR) is 103 cm³/mol. The second-order valence-electron chi connectivity index (χ2n) is 5.51. The number of carbonyl (C=O) groups excluding carboxylic acids is 2. The molecule has 0 aliphatic heterocycles. The number of benzene rings is 3. The molecule has 6 heteroatoms.